The van der Waals surface area contributed by atoms with Crippen molar-refractivity contribution in [1.29, 1.82) is 0 Å². The molecule has 62 valence electrons. The van der Waals surface area contributed by atoms with Crippen LogP contribution in [0.5, 0.6) is 0 Å². The molecule has 0 amide bonds. The lowest BCUT2D eigenvalue weighted by Crippen LogP contribution is -2.35. The molecule has 10 heavy (non-hydrogen) atoms. The Morgan fingerprint density at radius 2 is 1.90 bits per heavy atom. The average molecular weight is 146 g/mol. The summed E-state index contributed by atoms with van der Waals surface area (Å²) in [5.74, 6) is 0. The summed E-state index contributed by atoms with van der Waals surface area (Å²) in [6.45, 7) is 5.33. The van der Waals surface area contributed by atoms with Crippen LogP contribution in [0.1, 0.15) is 40.0 Å². The van der Waals surface area contributed by atoms with Crippen molar-refractivity contribution in [3.63, 3.8) is 0 Å². The Labute approximate surface area is 62.9 Å². The minimum Gasteiger partial charge on any atom is -0.390 e. The zero-order valence-corrected chi connectivity index (χ0v) is 7.09. The first-order valence-electron chi connectivity index (χ1n) is 3.89. The smallest absolute Gasteiger partial charge is 0.0849 e. The molecule has 0 saturated carbocycles. The van der Waals surface area contributed by atoms with Crippen LogP contribution in [-0.2, 0) is 0 Å². The molecule has 0 rings (SSSR count). The second kappa shape index (κ2) is 3.94. The van der Waals surface area contributed by atoms with E-state index in [1.54, 1.807) is 13.8 Å². The summed E-state index contributed by atoms with van der Waals surface area (Å²) in [6.07, 6.45) is 2.16. The number of aliphatic hydroxyl groups is 2. The van der Waals surface area contributed by atoms with E-state index in [9.17, 15) is 10.2 Å². The molecule has 0 aliphatic carbocycles. The standard InChI is InChI=1S/C8H18O2/c1-4-5-6-7(9)8(2,3)10/h7,9-10H,4-6H2,1-3H3. The SMILES string of the molecule is CCCCC(O)C(C)(C)O. The van der Waals surface area contributed by atoms with Crippen molar-refractivity contribution in [1.82, 2.24) is 0 Å². The maximum absolute atomic E-state index is 9.27. The lowest BCUT2D eigenvalue weighted by Gasteiger charge is -2.23. The second-order valence-electron chi connectivity index (χ2n) is 3.31. The largest absolute Gasteiger partial charge is 0.390 e. The molecule has 0 saturated heterocycles. The molecule has 0 fully saturated rings. The molecule has 2 heteroatoms. The predicted molar refractivity (Wildman–Crippen MR) is 41.8 cm³/mol. The summed E-state index contributed by atoms with van der Waals surface area (Å²) in [7, 11) is 0. The first-order chi connectivity index (χ1) is 4.48. The van der Waals surface area contributed by atoms with Gasteiger partial charge < -0.3 is 10.2 Å². The van der Waals surface area contributed by atoms with Crippen molar-refractivity contribution in [2.45, 2.75) is 51.7 Å². The topological polar surface area (TPSA) is 40.5 Å². The molecule has 2 nitrogen and oxygen atoms in total. The van der Waals surface area contributed by atoms with E-state index in [2.05, 4.69) is 6.92 Å². The average Bonchev–Trinajstić information content (AvgIpc) is 1.80. The van der Waals surface area contributed by atoms with Crippen LogP contribution >= 0.6 is 0 Å². The van der Waals surface area contributed by atoms with Crippen molar-refractivity contribution < 1.29 is 10.2 Å². The van der Waals surface area contributed by atoms with E-state index in [0.717, 1.165) is 12.8 Å². The molecule has 0 bridgehead atoms. The van der Waals surface area contributed by atoms with Gasteiger partial charge in [0.05, 0.1) is 11.7 Å². The zero-order valence-electron chi connectivity index (χ0n) is 7.09. The summed E-state index contributed by atoms with van der Waals surface area (Å²) in [5, 5.41) is 18.5. The fraction of sp³-hybridized carbons (Fsp3) is 1.00. The van der Waals surface area contributed by atoms with Gasteiger partial charge in [-0.3, -0.25) is 0 Å². The van der Waals surface area contributed by atoms with Gasteiger partial charge in [0, 0.05) is 0 Å². The van der Waals surface area contributed by atoms with E-state index in [-0.39, 0.29) is 0 Å². The van der Waals surface area contributed by atoms with E-state index in [1.807, 2.05) is 0 Å². The number of aliphatic hydroxyl groups excluding tert-OH is 1. The first-order valence-corrected chi connectivity index (χ1v) is 3.89. The third-order valence-electron chi connectivity index (χ3n) is 1.65. The molecule has 0 aliphatic rings. The summed E-state index contributed by atoms with van der Waals surface area (Å²) in [5.41, 5.74) is -0.935. The Kier molecular flexibility index (Phi) is 3.91. The minimum absolute atomic E-state index is 0.576. The van der Waals surface area contributed by atoms with Crippen LogP contribution in [-0.4, -0.2) is 21.9 Å². The van der Waals surface area contributed by atoms with Crippen LogP contribution in [0.4, 0.5) is 0 Å². The van der Waals surface area contributed by atoms with Gasteiger partial charge in [0.25, 0.3) is 0 Å². The van der Waals surface area contributed by atoms with E-state index in [4.69, 9.17) is 0 Å². The first kappa shape index (κ1) is 9.92. The maximum atomic E-state index is 9.27. The molecule has 0 aromatic heterocycles. The Balaban J connectivity index is 3.52. The van der Waals surface area contributed by atoms with E-state index in [1.165, 1.54) is 0 Å². The number of hydrogen-bond donors (Lipinski definition) is 2. The normalized spacial score (nSPS) is 15.3. The zero-order chi connectivity index (χ0) is 8.20. The molecule has 0 aliphatic heterocycles. The highest BCUT2D eigenvalue weighted by Crippen LogP contribution is 2.13. The molecular weight excluding hydrogens is 128 g/mol. The lowest BCUT2D eigenvalue weighted by molar-refractivity contribution is -0.0520. The number of rotatable bonds is 4. The highest BCUT2D eigenvalue weighted by Gasteiger charge is 2.22. The van der Waals surface area contributed by atoms with Crippen molar-refractivity contribution in [2.75, 3.05) is 0 Å². The minimum atomic E-state index is -0.935. The third-order valence-corrected chi connectivity index (χ3v) is 1.65. The molecule has 1 atom stereocenters. The summed E-state index contributed by atoms with van der Waals surface area (Å²) in [6, 6.07) is 0. The van der Waals surface area contributed by atoms with E-state index in [0.29, 0.717) is 6.42 Å². The van der Waals surface area contributed by atoms with Gasteiger partial charge in [0.1, 0.15) is 0 Å². The molecule has 0 aromatic carbocycles. The molecule has 0 radical (unpaired) electrons. The fourth-order valence-electron chi connectivity index (χ4n) is 0.751. The third kappa shape index (κ3) is 3.85. The molecule has 0 heterocycles. The summed E-state index contributed by atoms with van der Waals surface area (Å²) >= 11 is 0. The summed E-state index contributed by atoms with van der Waals surface area (Å²) < 4.78 is 0. The van der Waals surface area contributed by atoms with E-state index >= 15 is 0 Å². The number of unbranched alkanes of at least 4 members (excludes halogenated alkanes) is 1. The van der Waals surface area contributed by atoms with Crippen LogP contribution in [0, 0.1) is 0 Å². The molecule has 1 unspecified atom stereocenters. The Bertz CT molecular complexity index is 83.7. The highest BCUT2D eigenvalue weighted by molar-refractivity contribution is 4.75. The van der Waals surface area contributed by atoms with Gasteiger partial charge in [-0.05, 0) is 20.3 Å². The molecule has 0 spiro atoms. The maximum Gasteiger partial charge on any atom is 0.0849 e. The van der Waals surface area contributed by atoms with Gasteiger partial charge in [0.2, 0.25) is 0 Å². The Morgan fingerprint density at radius 3 is 2.20 bits per heavy atom. The number of hydrogen-bond acceptors (Lipinski definition) is 2. The van der Waals surface area contributed by atoms with Crippen molar-refractivity contribution in [3.8, 4) is 0 Å². The quantitative estimate of drug-likeness (QED) is 0.627. The molecular formula is C8H18O2. The van der Waals surface area contributed by atoms with Crippen molar-refractivity contribution in [2.24, 2.45) is 0 Å². The molecule has 2 N–H and O–H groups in total. The second-order valence-corrected chi connectivity index (χ2v) is 3.31. The predicted octanol–water partition coefficient (Wildman–Crippen LogP) is 1.31. The van der Waals surface area contributed by atoms with E-state index < -0.39 is 11.7 Å². The lowest BCUT2D eigenvalue weighted by atomic mass is 9.97. The summed E-state index contributed by atoms with van der Waals surface area (Å²) in [4.78, 5) is 0. The van der Waals surface area contributed by atoms with Crippen LogP contribution in [0.15, 0.2) is 0 Å². The Hall–Kier alpha value is -0.0800. The van der Waals surface area contributed by atoms with Crippen molar-refractivity contribution in [3.05, 3.63) is 0 Å². The van der Waals surface area contributed by atoms with Gasteiger partial charge in [-0.1, -0.05) is 19.8 Å². The fourth-order valence-corrected chi connectivity index (χ4v) is 0.751. The van der Waals surface area contributed by atoms with Crippen molar-refractivity contribution >= 4 is 0 Å². The van der Waals surface area contributed by atoms with Crippen LogP contribution in [0.3, 0.4) is 0 Å². The van der Waals surface area contributed by atoms with Crippen LogP contribution in [0.2, 0.25) is 0 Å². The van der Waals surface area contributed by atoms with Gasteiger partial charge in [-0.15, -0.1) is 0 Å². The van der Waals surface area contributed by atoms with Crippen LogP contribution in [0.25, 0.3) is 0 Å². The highest BCUT2D eigenvalue weighted by atomic mass is 16.3. The van der Waals surface area contributed by atoms with Gasteiger partial charge >= 0.3 is 0 Å². The van der Waals surface area contributed by atoms with Crippen LogP contribution < -0.4 is 0 Å². The van der Waals surface area contributed by atoms with Gasteiger partial charge in [0.15, 0.2) is 0 Å². The van der Waals surface area contributed by atoms with Gasteiger partial charge in [-0.2, -0.15) is 0 Å². The Morgan fingerprint density at radius 1 is 1.40 bits per heavy atom. The molecule has 0 aromatic rings. The monoisotopic (exact) mass is 146 g/mol. The van der Waals surface area contributed by atoms with Gasteiger partial charge in [-0.25, -0.2) is 0 Å².